The molecule has 160 valence electrons. The minimum Gasteiger partial charge on any atom is -0.454 e. The number of aromatic nitrogens is 1. The predicted octanol–water partition coefficient (Wildman–Crippen LogP) is 4.12. The maximum absolute atomic E-state index is 12.8. The number of rotatable bonds is 3. The average Bonchev–Trinajstić information content (AvgIpc) is 3.35. The van der Waals surface area contributed by atoms with Gasteiger partial charge in [-0.25, -0.2) is 9.78 Å². The molecule has 1 fully saturated rings. The summed E-state index contributed by atoms with van der Waals surface area (Å²) >= 11 is 1.36. The third kappa shape index (κ3) is 4.67. The van der Waals surface area contributed by atoms with Gasteiger partial charge in [-0.15, -0.1) is 11.3 Å². The minimum absolute atomic E-state index is 0.130. The first-order valence-electron chi connectivity index (χ1n) is 9.93. The number of carbonyl (C=O) groups is 2. The topological polar surface area (TPSA) is 90.0 Å². The number of nitrogens with one attached hydrogen (secondary N) is 1. The van der Waals surface area contributed by atoms with Crippen LogP contribution in [0.1, 0.15) is 33.6 Å². The number of carbonyl (C=O) groups excluding carboxylic acids is 2. The Bertz CT molecular complexity index is 952. The van der Waals surface area contributed by atoms with Gasteiger partial charge in [0.1, 0.15) is 5.60 Å². The van der Waals surface area contributed by atoms with Crippen molar-refractivity contribution in [2.75, 3.05) is 25.2 Å². The van der Waals surface area contributed by atoms with Crippen LogP contribution in [0.15, 0.2) is 23.6 Å². The third-order valence-electron chi connectivity index (χ3n) is 4.85. The van der Waals surface area contributed by atoms with E-state index in [1.165, 1.54) is 11.3 Å². The second kappa shape index (κ2) is 8.14. The fraction of sp³-hybridized carbons (Fsp3) is 0.476. The van der Waals surface area contributed by atoms with Gasteiger partial charge >= 0.3 is 6.09 Å². The molecule has 2 aliphatic rings. The van der Waals surface area contributed by atoms with E-state index in [4.69, 9.17) is 14.2 Å². The second-order valence-electron chi connectivity index (χ2n) is 8.36. The number of anilines is 1. The molecule has 1 unspecified atom stereocenters. The van der Waals surface area contributed by atoms with Crippen LogP contribution in [0.3, 0.4) is 0 Å². The summed E-state index contributed by atoms with van der Waals surface area (Å²) in [6, 6.07) is 5.64. The zero-order valence-corrected chi connectivity index (χ0v) is 18.1. The van der Waals surface area contributed by atoms with Gasteiger partial charge in [0.05, 0.1) is 11.6 Å². The first-order chi connectivity index (χ1) is 14.3. The molecule has 2 aromatic rings. The molecule has 1 aromatic carbocycles. The number of hydrogen-bond acceptors (Lipinski definition) is 7. The molecule has 2 aliphatic heterocycles. The number of likely N-dealkylation sites (tertiary alicyclic amines) is 1. The molecule has 8 nitrogen and oxygen atoms in total. The van der Waals surface area contributed by atoms with Crippen molar-refractivity contribution in [2.24, 2.45) is 5.92 Å². The quantitative estimate of drug-likeness (QED) is 0.786. The van der Waals surface area contributed by atoms with Gasteiger partial charge in [0.2, 0.25) is 12.7 Å². The Balaban J connectivity index is 1.38. The molecule has 1 N–H and O–H groups in total. The predicted molar refractivity (Wildman–Crippen MR) is 113 cm³/mol. The second-order valence-corrected chi connectivity index (χ2v) is 9.22. The van der Waals surface area contributed by atoms with Crippen molar-refractivity contribution in [1.82, 2.24) is 9.88 Å². The maximum atomic E-state index is 12.8. The average molecular weight is 432 g/mol. The van der Waals surface area contributed by atoms with Crippen LogP contribution < -0.4 is 14.8 Å². The fourth-order valence-electron chi connectivity index (χ4n) is 3.41. The van der Waals surface area contributed by atoms with Gasteiger partial charge in [-0.3, -0.25) is 4.79 Å². The van der Waals surface area contributed by atoms with Crippen molar-refractivity contribution in [2.45, 2.75) is 39.2 Å². The summed E-state index contributed by atoms with van der Waals surface area (Å²) < 4.78 is 16.2. The molecule has 4 rings (SSSR count). The summed E-state index contributed by atoms with van der Waals surface area (Å²) in [5.41, 5.74) is 1.09. The van der Waals surface area contributed by atoms with Crippen molar-refractivity contribution in [3.8, 4) is 22.8 Å². The Morgan fingerprint density at radius 3 is 2.87 bits per heavy atom. The molecular formula is C21H25N3O5S. The van der Waals surface area contributed by atoms with E-state index in [1.54, 1.807) is 4.90 Å². The summed E-state index contributed by atoms with van der Waals surface area (Å²) in [5.74, 6) is 0.990. The van der Waals surface area contributed by atoms with Crippen molar-refractivity contribution in [1.29, 1.82) is 0 Å². The van der Waals surface area contributed by atoms with Crippen LogP contribution in [0.2, 0.25) is 0 Å². The molecule has 0 saturated carbocycles. The molecular weight excluding hydrogens is 406 g/mol. The van der Waals surface area contributed by atoms with Gasteiger partial charge in [0.15, 0.2) is 16.6 Å². The number of hydrogen-bond donors (Lipinski definition) is 1. The monoisotopic (exact) mass is 431 g/mol. The van der Waals surface area contributed by atoms with Crippen LogP contribution in [-0.4, -0.2) is 47.4 Å². The van der Waals surface area contributed by atoms with Gasteiger partial charge in [0, 0.05) is 24.0 Å². The van der Waals surface area contributed by atoms with Crippen LogP contribution in [0.25, 0.3) is 11.3 Å². The smallest absolute Gasteiger partial charge is 0.410 e. The summed E-state index contributed by atoms with van der Waals surface area (Å²) in [5, 5.41) is 5.32. The third-order valence-corrected chi connectivity index (χ3v) is 5.60. The highest BCUT2D eigenvalue weighted by Crippen LogP contribution is 2.36. The molecule has 1 atom stereocenters. The molecule has 0 radical (unpaired) electrons. The van der Waals surface area contributed by atoms with E-state index in [1.807, 2.05) is 44.4 Å². The molecule has 1 aromatic heterocycles. The SMILES string of the molecule is CC(C)(C)OC(=O)N1CCCC(C(=O)Nc2nc(-c3ccc4c(c3)OCO4)cs2)C1. The Morgan fingerprint density at radius 2 is 2.07 bits per heavy atom. The Kier molecular flexibility index (Phi) is 5.55. The molecule has 0 bridgehead atoms. The lowest BCUT2D eigenvalue weighted by molar-refractivity contribution is -0.121. The van der Waals surface area contributed by atoms with E-state index in [2.05, 4.69) is 10.3 Å². The lowest BCUT2D eigenvalue weighted by Gasteiger charge is -2.33. The largest absolute Gasteiger partial charge is 0.454 e. The van der Waals surface area contributed by atoms with Crippen LogP contribution in [0.5, 0.6) is 11.5 Å². The number of ether oxygens (including phenoxy) is 3. The molecule has 9 heteroatoms. The van der Waals surface area contributed by atoms with Crippen molar-refractivity contribution in [3.05, 3.63) is 23.6 Å². The van der Waals surface area contributed by atoms with E-state index < -0.39 is 5.60 Å². The Morgan fingerprint density at radius 1 is 1.27 bits per heavy atom. The molecule has 0 spiro atoms. The van der Waals surface area contributed by atoms with Crippen LogP contribution >= 0.6 is 11.3 Å². The van der Waals surface area contributed by atoms with Crippen LogP contribution in [0, 0.1) is 5.92 Å². The molecule has 3 heterocycles. The molecule has 1 saturated heterocycles. The number of benzene rings is 1. The van der Waals surface area contributed by atoms with Crippen molar-refractivity contribution < 1.29 is 23.8 Å². The van der Waals surface area contributed by atoms with Crippen LogP contribution in [0.4, 0.5) is 9.93 Å². The van der Waals surface area contributed by atoms with E-state index in [9.17, 15) is 9.59 Å². The first kappa shape index (κ1) is 20.5. The minimum atomic E-state index is -0.557. The van der Waals surface area contributed by atoms with Gasteiger partial charge < -0.3 is 24.4 Å². The number of thiazole rings is 1. The normalized spacial score (nSPS) is 18.2. The molecule has 0 aliphatic carbocycles. The van der Waals surface area contributed by atoms with Crippen LogP contribution in [-0.2, 0) is 9.53 Å². The summed E-state index contributed by atoms with van der Waals surface area (Å²) in [6.45, 7) is 6.67. The molecule has 2 amide bonds. The maximum Gasteiger partial charge on any atom is 0.410 e. The number of amides is 2. The van der Waals surface area contributed by atoms with E-state index in [-0.39, 0.29) is 24.7 Å². The molecule has 30 heavy (non-hydrogen) atoms. The Labute approximate surface area is 179 Å². The van der Waals surface area contributed by atoms with Crippen molar-refractivity contribution in [3.63, 3.8) is 0 Å². The highest BCUT2D eigenvalue weighted by molar-refractivity contribution is 7.14. The number of nitrogens with zero attached hydrogens (tertiary/aromatic N) is 2. The van der Waals surface area contributed by atoms with Gasteiger partial charge in [-0.1, -0.05) is 0 Å². The summed E-state index contributed by atoms with van der Waals surface area (Å²) in [7, 11) is 0. The first-order valence-corrected chi connectivity index (χ1v) is 10.8. The zero-order chi connectivity index (χ0) is 21.3. The highest BCUT2D eigenvalue weighted by atomic mass is 32.1. The summed E-state index contributed by atoms with van der Waals surface area (Å²) in [6.07, 6.45) is 1.11. The van der Waals surface area contributed by atoms with Gasteiger partial charge in [-0.05, 0) is 51.8 Å². The summed E-state index contributed by atoms with van der Waals surface area (Å²) in [4.78, 5) is 31.2. The van der Waals surface area contributed by atoms with E-state index in [0.29, 0.717) is 29.7 Å². The zero-order valence-electron chi connectivity index (χ0n) is 17.3. The van der Waals surface area contributed by atoms with E-state index in [0.717, 1.165) is 24.1 Å². The highest BCUT2D eigenvalue weighted by Gasteiger charge is 2.31. The van der Waals surface area contributed by atoms with E-state index >= 15 is 0 Å². The van der Waals surface area contributed by atoms with Gasteiger partial charge in [-0.2, -0.15) is 0 Å². The fourth-order valence-corrected chi connectivity index (χ4v) is 4.13. The number of piperidine rings is 1. The number of fused-ring (bicyclic) bond motifs is 1. The lowest BCUT2D eigenvalue weighted by Crippen LogP contribution is -2.45. The lowest BCUT2D eigenvalue weighted by atomic mass is 9.97. The standard InChI is InChI=1S/C21H25N3O5S/c1-21(2,3)29-20(26)24-8-4-5-14(10-24)18(25)23-19-22-15(11-30-19)13-6-7-16-17(9-13)28-12-27-16/h6-7,9,11,14H,4-5,8,10,12H2,1-3H3,(H,22,23,25). The van der Waals surface area contributed by atoms with Gasteiger partial charge in [0.25, 0.3) is 0 Å². The Hall–Kier alpha value is -2.81. The van der Waals surface area contributed by atoms with Crippen molar-refractivity contribution >= 4 is 28.5 Å².